The number of hydrogen-bond acceptors (Lipinski definition) is 3. The van der Waals surface area contributed by atoms with Crippen LogP contribution in [0.4, 0.5) is 5.69 Å². The number of aliphatic hydroxyl groups is 1. The van der Waals surface area contributed by atoms with Crippen molar-refractivity contribution in [3.63, 3.8) is 0 Å². The highest BCUT2D eigenvalue weighted by molar-refractivity contribution is 5.97. The lowest BCUT2D eigenvalue weighted by molar-refractivity contribution is -0.130. The first-order chi connectivity index (χ1) is 7.95. The van der Waals surface area contributed by atoms with Crippen LogP contribution in [-0.4, -0.2) is 30.3 Å². The van der Waals surface area contributed by atoms with E-state index in [9.17, 15) is 9.90 Å². The first-order valence-electron chi connectivity index (χ1n) is 5.56. The van der Waals surface area contributed by atoms with Crippen LogP contribution in [0.3, 0.4) is 0 Å². The van der Waals surface area contributed by atoms with Crippen molar-refractivity contribution in [2.24, 2.45) is 0 Å². The number of amides is 1. The van der Waals surface area contributed by atoms with Crippen molar-refractivity contribution >= 4 is 11.6 Å². The van der Waals surface area contributed by atoms with Gasteiger partial charge in [-0.3, -0.25) is 4.79 Å². The molecule has 0 aliphatic heterocycles. The number of rotatable bonds is 5. The second kappa shape index (κ2) is 5.80. The molecule has 0 bridgehead atoms. The van der Waals surface area contributed by atoms with Gasteiger partial charge in [0.25, 0.3) is 5.91 Å². The molecule has 0 radical (unpaired) electrons. The Balaban J connectivity index is 2.80. The number of anilines is 1. The summed E-state index contributed by atoms with van der Waals surface area (Å²) in [5, 5.41) is 12.3. The standard InChI is InChI=1S/C13H19NO3/c1-13(2,16)12(15)14-11-7-5-4-6-10(11)8-9-17-3/h4-7,16H,8-9H2,1-3H3,(H,14,15). The van der Waals surface area contributed by atoms with Crippen LogP contribution < -0.4 is 5.32 Å². The molecule has 0 atom stereocenters. The lowest BCUT2D eigenvalue weighted by Gasteiger charge is -2.18. The summed E-state index contributed by atoms with van der Waals surface area (Å²) in [4.78, 5) is 11.7. The van der Waals surface area contributed by atoms with E-state index < -0.39 is 11.5 Å². The summed E-state index contributed by atoms with van der Waals surface area (Å²) in [5.74, 6) is -0.414. The molecule has 2 N–H and O–H groups in total. The minimum absolute atomic E-state index is 0.414. The number of carbonyl (C=O) groups excluding carboxylic acids is 1. The van der Waals surface area contributed by atoms with Crippen LogP contribution >= 0.6 is 0 Å². The van der Waals surface area contributed by atoms with Crippen LogP contribution in [0.5, 0.6) is 0 Å². The van der Waals surface area contributed by atoms with E-state index in [2.05, 4.69) is 5.32 Å². The molecule has 1 aromatic carbocycles. The Kier molecular flexibility index (Phi) is 4.66. The van der Waals surface area contributed by atoms with E-state index in [1.807, 2.05) is 24.3 Å². The first-order valence-corrected chi connectivity index (χ1v) is 5.56. The van der Waals surface area contributed by atoms with Crippen molar-refractivity contribution in [3.8, 4) is 0 Å². The highest BCUT2D eigenvalue weighted by atomic mass is 16.5. The SMILES string of the molecule is COCCc1ccccc1NC(=O)C(C)(C)O. The minimum Gasteiger partial charge on any atom is -0.384 e. The smallest absolute Gasteiger partial charge is 0.255 e. The van der Waals surface area contributed by atoms with Gasteiger partial charge in [-0.2, -0.15) is 0 Å². The summed E-state index contributed by atoms with van der Waals surface area (Å²) in [6, 6.07) is 7.49. The first kappa shape index (κ1) is 13.7. The molecule has 1 amide bonds. The van der Waals surface area contributed by atoms with Crippen LogP contribution in [0.1, 0.15) is 19.4 Å². The maximum atomic E-state index is 11.7. The molecule has 0 unspecified atom stereocenters. The minimum atomic E-state index is -1.38. The van der Waals surface area contributed by atoms with Gasteiger partial charge in [-0.05, 0) is 31.9 Å². The quantitative estimate of drug-likeness (QED) is 0.817. The van der Waals surface area contributed by atoms with Crippen molar-refractivity contribution in [3.05, 3.63) is 29.8 Å². The van der Waals surface area contributed by atoms with E-state index in [1.54, 1.807) is 7.11 Å². The number of nitrogens with one attached hydrogen (secondary N) is 1. The molecule has 1 rings (SSSR count). The Morgan fingerprint density at radius 2 is 2.06 bits per heavy atom. The molecule has 17 heavy (non-hydrogen) atoms. The van der Waals surface area contributed by atoms with Crippen LogP contribution in [0, 0.1) is 0 Å². The van der Waals surface area contributed by atoms with Gasteiger partial charge in [-0.1, -0.05) is 18.2 Å². The molecule has 4 heteroatoms. The molecule has 0 heterocycles. The number of hydrogen-bond donors (Lipinski definition) is 2. The van der Waals surface area contributed by atoms with Crippen LogP contribution in [-0.2, 0) is 16.0 Å². The fourth-order valence-corrected chi connectivity index (χ4v) is 1.35. The molecule has 0 saturated carbocycles. The summed E-state index contributed by atoms with van der Waals surface area (Å²) < 4.78 is 5.01. The van der Waals surface area contributed by atoms with E-state index in [0.717, 1.165) is 17.7 Å². The second-order valence-electron chi connectivity index (χ2n) is 4.41. The fraction of sp³-hybridized carbons (Fsp3) is 0.462. The normalized spacial score (nSPS) is 11.3. The summed E-state index contributed by atoms with van der Waals surface area (Å²) >= 11 is 0. The average molecular weight is 237 g/mol. The van der Waals surface area contributed by atoms with Gasteiger partial charge in [0, 0.05) is 12.8 Å². The van der Waals surface area contributed by atoms with Crippen LogP contribution in [0.15, 0.2) is 24.3 Å². The van der Waals surface area contributed by atoms with Crippen molar-refractivity contribution in [2.45, 2.75) is 25.9 Å². The van der Waals surface area contributed by atoms with Crippen LogP contribution in [0.25, 0.3) is 0 Å². The Morgan fingerprint density at radius 3 is 2.65 bits per heavy atom. The van der Waals surface area contributed by atoms with Crippen molar-refractivity contribution in [1.29, 1.82) is 0 Å². The molecule has 0 aliphatic rings. The molecule has 0 aliphatic carbocycles. The third-order valence-corrected chi connectivity index (χ3v) is 2.40. The number of carbonyl (C=O) groups is 1. The lowest BCUT2D eigenvalue weighted by Crippen LogP contribution is -2.36. The maximum Gasteiger partial charge on any atom is 0.255 e. The number of ether oxygens (including phenoxy) is 1. The Labute approximate surface area is 102 Å². The van der Waals surface area contributed by atoms with Crippen molar-refractivity contribution in [2.75, 3.05) is 19.0 Å². The predicted octanol–water partition coefficient (Wildman–Crippen LogP) is 1.58. The largest absolute Gasteiger partial charge is 0.384 e. The zero-order valence-corrected chi connectivity index (χ0v) is 10.5. The zero-order chi connectivity index (χ0) is 12.9. The molecule has 94 valence electrons. The molecule has 0 fully saturated rings. The summed E-state index contributed by atoms with van der Waals surface area (Å²) in [7, 11) is 1.64. The number of para-hydroxylation sites is 1. The Hall–Kier alpha value is -1.39. The fourth-order valence-electron chi connectivity index (χ4n) is 1.35. The highest BCUT2D eigenvalue weighted by Gasteiger charge is 2.24. The van der Waals surface area contributed by atoms with Gasteiger partial charge in [0.2, 0.25) is 0 Å². The summed E-state index contributed by atoms with van der Waals surface area (Å²) in [6.07, 6.45) is 0.721. The topological polar surface area (TPSA) is 58.6 Å². The van der Waals surface area contributed by atoms with Gasteiger partial charge in [0.1, 0.15) is 5.60 Å². The summed E-state index contributed by atoms with van der Waals surface area (Å²) in [6.45, 7) is 3.51. The van der Waals surface area contributed by atoms with Gasteiger partial charge in [-0.15, -0.1) is 0 Å². The van der Waals surface area contributed by atoms with Gasteiger partial charge in [0.05, 0.1) is 6.61 Å². The molecule has 1 aromatic rings. The van der Waals surface area contributed by atoms with Gasteiger partial charge in [0.15, 0.2) is 0 Å². The monoisotopic (exact) mass is 237 g/mol. The molecule has 4 nitrogen and oxygen atoms in total. The molecule has 0 spiro atoms. The Bertz CT molecular complexity index is 382. The molecule has 0 aromatic heterocycles. The Morgan fingerprint density at radius 1 is 1.41 bits per heavy atom. The van der Waals surface area contributed by atoms with E-state index in [0.29, 0.717) is 6.61 Å². The zero-order valence-electron chi connectivity index (χ0n) is 10.5. The van der Waals surface area contributed by atoms with Crippen molar-refractivity contribution < 1.29 is 14.6 Å². The third kappa shape index (κ3) is 4.17. The third-order valence-electron chi connectivity index (χ3n) is 2.40. The molecular weight excluding hydrogens is 218 g/mol. The van der Waals surface area contributed by atoms with E-state index in [1.165, 1.54) is 13.8 Å². The highest BCUT2D eigenvalue weighted by Crippen LogP contribution is 2.17. The van der Waals surface area contributed by atoms with E-state index in [4.69, 9.17) is 4.74 Å². The van der Waals surface area contributed by atoms with Crippen LogP contribution in [0.2, 0.25) is 0 Å². The van der Waals surface area contributed by atoms with Gasteiger partial charge >= 0.3 is 0 Å². The summed E-state index contributed by atoms with van der Waals surface area (Å²) in [5.41, 5.74) is 0.331. The van der Waals surface area contributed by atoms with Crippen molar-refractivity contribution in [1.82, 2.24) is 0 Å². The van der Waals surface area contributed by atoms with Gasteiger partial charge in [-0.25, -0.2) is 0 Å². The predicted molar refractivity (Wildman–Crippen MR) is 66.9 cm³/mol. The molecular formula is C13H19NO3. The average Bonchev–Trinajstić information content (AvgIpc) is 2.26. The lowest BCUT2D eigenvalue weighted by atomic mass is 10.1. The van der Waals surface area contributed by atoms with E-state index in [-0.39, 0.29) is 0 Å². The molecule has 0 saturated heterocycles. The van der Waals surface area contributed by atoms with E-state index >= 15 is 0 Å². The number of benzene rings is 1. The number of methoxy groups -OCH3 is 1. The van der Waals surface area contributed by atoms with Gasteiger partial charge < -0.3 is 15.2 Å². The second-order valence-corrected chi connectivity index (χ2v) is 4.41. The maximum absolute atomic E-state index is 11.7.